The van der Waals surface area contributed by atoms with E-state index in [-0.39, 0.29) is 23.9 Å². The van der Waals surface area contributed by atoms with Crippen molar-refractivity contribution < 1.29 is 4.92 Å². The third-order valence-corrected chi connectivity index (χ3v) is 2.12. The van der Waals surface area contributed by atoms with Crippen LogP contribution in [0.15, 0.2) is 22.7 Å². The Kier molecular flexibility index (Phi) is 4.52. The Balaban J connectivity index is 0.00000169. The molecule has 14 heavy (non-hydrogen) atoms. The first-order chi connectivity index (χ1) is 6.02. The van der Waals surface area contributed by atoms with E-state index in [2.05, 4.69) is 15.9 Å². The van der Waals surface area contributed by atoms with Gasteiger partial charge in [0.25, 0.3) is 5.69 Å². The second-order valence-corrected chi connectivity index (χ2v) is 3.19. The minimum atomic E-state index is -0.531. The lowest BCUT2D eigenvalue weighted by Crippen LogP contribution is -2.11. The summed E-state index contributed by atoms with van der Waals surface area (Å²) >= 11 is 3.03. The zero-order valence-corrected chi connectivity index (χ0v) is 9.26. The van der Waals surface area contributed by atoms with Gasteiger partial charge in [0.1, 0.15) is 5.84 Å². The van der Waals surface area contributed by atoms with E-state index in [0.717, 1.165) is 0 Å². The van der Waals surface area contributed by atoms with Crippen LogP contribution in [0.1, 0.15) is 5.56 Å². The van der Waals surface area contributed by atoms with Crippen molar-refractivity contribution in [2.24, 2.45) is 5.73 Å². The normalized spacial score (nSPS) is 8.93. The molecule has 0 fully saturated rings. The summed E-state index contributed by atoms with van der Waals surface area (Å²) in [7, 11) is 0. The second-order valence-electron chi connectivity index (χ2n) is 2.34. The summed E-state index contributed by atoms with van der Waals surface area (Å²) in [5, 5.41) is 17.5. The summed E-state index contributed by atoms with van der Waals surface area (Å²) in [6.45, 7) is 0. The van der Waals surface area contributed by atoms with Crippen LogP contribution >= 0.6 is 28.3 Å². The molecule has 7 heteroatoms. The Morgan fingerprint density at radius 3 is 2.57 bits per heavy atom. The third-order valence-electron chi connectivity index (χ3n) is 1.45. The highest BCUT2D eigenvalue weighted by molar-refractivity contribution is 9.10. The maximum absolute atomic E-state index is 10.5. The van der Waals surface area contributed by atoms with Crippen molar-refractivity contribution in [2.45, 2.75) is 0 Å². The molecule has 0 saturated heterocycles. The van der Waals surface area contributed by atoms with E-state index in [9.17, 15) is 10.1 Å². The molecule has 5 nitrogen and oxygen atoms in total. The molecule has 0 aromatic heterocycles. The second kappa shape index (κ2) is 4.92. The van der Waals surface area contributed by atoms with Gasteiger partial charge in [0.2, 0.25) is 0 Å². The summed E-state index contributed by atoms with van der Waals surface area (Å²) < 4.78 is 0.377. The van der Waals surface area contributed by atoms with E-state index in [1.807, 2.05) is 0 Å². The lowest BCUT2D eigenvalue weighted by atomic mass is 10.2. The average molecular weight is 281 g/mol. The highest BCUT2D eigenvalue weighted by Crippen LogP contribution is 2.25. The maximum atomic E-state index is 10.5. The number of nitrogens with zero attached hydrogens (tertiary/aromatic N) is 1. The van der Waals surface area contributed by atoms with Crippen LogP contribution in [-0.2, 0) is 0 Å². The standard InChI is InChI=1S/C7H6BrN3O2.ClH/c8-5-2-1-4(7(9)10)3-6(5)11(12)13;/h1-3H,(H3,9,10);1H. The third kappa shape index (κ3) is 2.68. The minimum Gasteiger partial charge on any atom is -0.384 e. The van der Waals surface area contributed by atoms with Crippen molar-refractivity contribution >= 4 is 39.9 Å². The molecule has 1 rings (SSSR count). The van der Waals surface area contributed by atoms with E-state index < -0.39 is 4.92 Å². The van der Waals surface area contributed by atoms with Crippen LogP contribution in [0.2, 0.25) is 0 Å². The van der Waals surface area contributed by atoms with Crippen LogP contribution in [0.25, 0.3) is 0 Å². The Morgan fingerprint density at radius 2 is 2.14 bits per heavy atom. The highest BCUT2D eigenvalue weighted by atomic mass is 79.9. The fourth-order valence-electron chi connectivity index (χ4n) is 0.820. The van der Waals surface area contributed by atoms with E-state index in [1.165, 1.54) is 12.1 Å². The molecular formula is C7H7BrClN3O2. The van der Waals surface area contributed by atoms with Gasteiger partial charge in [-0.1, -0.05) is 0 Å². The SMILES string of the molecule is Cl.N=C(N)c1ccc(Br)c([N+](=O)[O-])c1. The van der Waals surface area contributed by atoms with Gasteiger partial charge in [-0.3, -0.25) is 15.5 Å². The molecule has 0 heterocycles. The van der Waals surface area contributed by atoms with Gasteiger partial charge < -0.3 is 5.73 Å². The molecule has 0 unspecified atom stereocenters. The Hall–Kier alpha value is -1.14. The fraction of sp³-hybridized carbons (Fsp3) is 0. The summed E-state index contributed by atoms with van der Waals surface area (Å²) in [4.78, 5) is 9.93. The lowest BCUT2D eigenvalue weighted by Gasteiger charge is -1.99. The van der Waals surface area contributed by atoms with Gasteiger partial charge in [-0.25, -0.2) is 0 Å². The summed E-state index contributed by atoms with van der Waals surface area (Å²) in [6, 6.07) is 4.29. The number of nitrogens with one attached hydrogen (secondary N) is 1. The predicted molar refractivity (Wildman–Crippen MR) is 59.1 cm³/mol. The monoisotopic (exact) mass is 279 g/mol. The minimum absolute atomic E-state index is 0. The molecule has 0 aliphatic rings. The van der Waals surface area contributed by atoms with Crippen molar-refractivity contribution in [3.8, 4) is 0 Å². The van der Waals surface area contributed by atoms with Gasteiger partial charge in [0, 0.05) is 11.6 Å². The van der Waals surface area contributed by atoms with E-state index in [0.29, 0.717) is 10.0 Å². The largest absolute Gasteiger partial charge is 0.384 e. The van der Waals surface area contributed by atoms with Crippen molar-refractivity contribution in [1.29, 1.82) is 5.41 Å². The van der Waals surface area contributed by atoms with Gasteiger partial charge in [-0.15, -0.1) is 12.4 Å². The molecular weight excluding hydrogens is 273 g/mol. The van der Waals surface area contributed by atoms with Crippen molar-refractivity contribution in [2.75, 3.05) is 0 Å². The Labute approximate surface area is 94.5 Å². The van der Waals surface area contributed by atoms with Gasteiger partial charge in [0.05, 0.1) is 9.40 Å². The van der Waals surface area contributed by atoms with Crippen LogP contribution in [-0.4, -0.2) is 10.8 Å². The van der Waals surface area contributed by atoms with Crippen LogP contribution in [0.4, 0.5) is 5.69 Å². The number of nitrogens with two attached hydrogens (primary N) is 1. The molecule has 0 amide bonds. The van der Waals surface area contributed by atoms with Crippen molar-refractivity contribution in [3.63, 3.8) is 0 Å². The molecule has 0 atom stereocenters. The highest BCUT2D eigenvalue weighted by Gasteiger charge is 2.12. The summed E-state index contributed by atoms with van der Waals surface area (Å²) in [6.07, 6.45) is 0. The number of amidine groups is 1. The van der Waals surface area contributed by atoms with Crippen LogP contribution in [0.5, 0.6) is 0 Å². The Morgan fingerprint density at radius 1 is 1.57 bits per heavy atom. The first-order valence-electron chi connectivity index (χ1n) is 3.30. The van der Waals surface area contributed by atoms with Crippen LogP contribution < -0.4 is 5.73 Å². The number of rotatable bonds is 2. The quantitative estimate of drug-likeness (QED) is 0.376. The maximum Gasteiger partial charge on any atom is 0.284 e. The molecule has 0 aliphatic heterocycles. The molecule has 0 radical (unpaired) electrons. The van der Waals surface area contributed by atoms with E-state index in [4.69, 9.17) is 11.1 Å². The number of nitro groups is 1. The number of nitrogen functional groups attached to an aromatic ring is 1. The zero-order chi connectivity index (χ0) is 10.0. The predicted octanol–water partition coefficient (Wildman–Crippen LogP) is 2.06. The summed E-state index contributed by atoms with van der Waals surface area (Å²) in [5.74, 6) is -0.185. The van der Waals surface area contributed by atoms with Crippen LogP contribution in [0, 0.1) is 15.5 Å². The molecule has 0 saturated carbocycles. The number of hydrogen-bond donors (Lipinski definition) is 2. The van der Waals surface area contributed by atoms with Crippen molar-refractivity contribution in [3.05, 3.63) is 38.3 Å². The fourth-order valence-corrected chi connectivity index (χ4v) is 1.21. The molecule has 1 aromatic rings. The summed E-state index contributed by atoms with van der Waals surface area (Å²) in [5.41, 5.74) is 5.43. The van der Waals surface area contributed by atoms with Gasteiger partial charge in [-0.05, 0) is 28.1 Å². The zero-order valence-electron chi connectivity index (χ0n) is 6.86. The van der Waals surface area contributed by atoms with Crippen LogP contribution in [0.3, 0.4) is 0 Å². The van der Waals surface area contributed by atoms with Crippen molar-refractivity contribution in [1.82, 2.24) is 0 Å². The number of hydrogen-bond acceptors (Lipinski definition) is 3. The number of halogens is 2. The topological polar surface area (TPSA) is 93.0 Å². The molecule has 1 aromatic carbocycles. The van der Waals surface area contributed by atoms with E-state index in [1.54, 1.807) is 6.07 Å². The molecule has 0 aliphatic carbocycles. The molecule has 0 spiro atoms. The Bertz CT molecular complexity index is 383. The number of nitro benzene ring substituents is 1. The molecule has 3 N–H and O–H groups in total. The number of benzene rings is 1. The van der Waals surface area contributed by atoms with Gasteiger partial charge in [-0.2, -0.15) is 0 Å². The molecule has 0 bridgehead atoms. The first-order valence-corrected chi connectivity index (χ1v) is 4.10. The van der Waals surface area contributed by atoms with Gasteiger partial charge >= 0.3 is 0 Å². The first kappa shape index (κ1) is 12.9. The van der Waals surface area contributed by atoms with E-state index >= 15 is 0 Å². The average Bonchev–Trinajstić information content (AvgIpc) is 2.04. The van der Waals surface area contributed by atoms with Gasteiger partial charge in [0.15, 0.2) is 0 Å². The smallest absolute Gasteiger partial charge is 0.284 e. The lowest BCUT2D eigenvalue weighted by molar-refractivity contribution is -0.385. The molecule has 76 valence electrons.